The van der Waals surface area contributed by atoms with Crippen molar-refractivity contribution in [2.75, 3.05) is 7.05 Å². The van der Waals surface area contributed by atoms with Gasteiger partial charge >= 0.3 is 0 Å². The summed E-state index contributed by atoms with van der Waals surface area (Å²) >= 11 is 1.64. The summed E-state index contributed by atoms with van der Waals surface area (Å²) in [5.41, 5.74) is 1.15. The molecule has 1 heterocycles. The molecule has 1 aromatic rings. The van der Waals surface area contributed by atoms with E-state index in [1.54, 1.807) is 11.3 Å². The number of hydrogen-bond acceptors (Lipinski definition) is 4. The van der Waals surface area contributed by atoms with Gasteiger partial charge < -0.3 is 10.4 Å². The van der Waals surface area contributed by atoms with E-state index in [0.717, 1.165) is 30.1 Å². The van der Waals surface area contributed by atoms with Crippen molar-refractivity contribution in [3.05, 3.63) is 15.6 Å². The van der Waals surface area contributed by atoms with Gasteiger partial charge in [-0.05, 0) is 26.8 Å². The van der Waals surface area contributed by atoms with Gasteiger partial charge in [-0.25, -0.2) is 4.98 Å². The topological polar surface area (TPSA) is 45.1 Å². The van der Waals surface area contributed by atoms with Gasteiger partial charge in [-0.15, -0.1) is 11.3 Å². The molecule has 1 atom stereocenters. The number of rotatable bonds is 4. The van der Waals surface area contributed by atoms with Crippen molar-refractivity contribution in [3.63, 3.8) is 0 Å². The number of thiazole rings is 1. The molecule has 1 aliphatic carbocycles. The van der Waals surface area contributed by atoms with Crippen LogP contribution < -0.4 is 5.32 Å². The van der Waals surface area contributed by atoms with Crippen molar-refractivity contribution in [1.29, 1.82) is 0 Å². The smallest absolute Gasteiger partial charge is 0.122 e. The number of nitrogens with one attached hydrogen (secondary N) is 1. The molecule has 1 fully saturated rings. The van der Waals surface area contributed by atoms with Gasteiger partial charge in [-0.2, -0.15) is 0 Å². The first kappa shape index (κ1) is 11.0. The molecule has 4 heteroatoms. The number of aliphatic hydroxyl groups excluding tert-OH is 1. The van der Waals surface area contributed by atoms with Crippen LogP contribution in [0.4, 0.5) is 0 Å². The van der Waals surface area contributed by atoms with Crippen LogP contribution in [0, 0.1) is 12.3 Å². The fourth-order valence-electron chi connectivity index (χ4n) is 1.66. The van der Waals surface area contributed by atoms with E-state index in [1.165, 1.54) is 4.88 Å². The Hall–Kier alpha value is -0.450. The van der Waals surface area contributed by atoms with Gasteiger partial charge in [-0.3, -0.25) is 0 Å². The molecule has 3 nitrogen and oxygen atoms in total. The Labute approximate surface area is 94.5 Å². The van der Waals surface area contributed by atoms with Gasteiger partial charge in [0.15, 0.2) is 0 Å². The second-order valence-corrected chi connectivity index (χ2v) is 5.76. The van der Waals surface area contributed by atoms with Gasteiger partial charge in [-0.1, -0.05) is 6.92 Å². The minimum absolute atomic E-state index is 0.0984. The molecular weight excluding hydrogens is 208 g/mol. The van der Waals surface area contributed by atoms with Crippen LogP contribution in [0.25, 0.3) is 0 Å². The standard InChI is InChI=1S/C11H18N2OS/c1-7-8(6-12-3)15-10(13-7)9(14)11(2)4-5-11/h9,12,14H,4-6H2,1-3H3. The molecule has 0 aliphatic heterocycles. The zero-order valence-corrected chi connectivity index (χ0v) is 10.3. The zero-order chi connectivity index (χ0) is 11.1. The molecular formula is C11H18N2OS. The van der Waals surface area contributed by atoms with Crippen molar-refractivity contribution < 1.29 is 5.11 Å². The maximum atomic E-state index is 10.2. The van der Waals surface area contributed by atoms with Crippen LogP contribution in [-0.4, -0.2) is 17.1 Å². The zero-order valence-electron chi connectivity index (χ0n) is 9.50. The quantitative estimate of drug-likeness (QED) is 0.825. The third kappa shape index (κ3) is 2.07. The number of nitrogens with zero attached hydrogens (tertiary/aromatic N) is 1. The van der Waals surface area contributed by atoms with Crippen LogP contribution in [0.2, 0.25) is 0 Å². The van der Waals surface area contributed by atoms with E-state index in [2.05, 4.69) is 17.2 Å². The third-order valence-corrected chi connectivity index (χ3v) is 4.39. The molecule has 0 spiro atoms. The summed E-state index contributed by atoms with van der Waals surface area (Å²) in [6.07, 6.45) is 1.87. The first-order valence-corrected chi connectivity index (χ1v) is 6.17. The first-order chi connectivity index (χ1) is 7.07. The van der Waals surface area contributed by atoms with Crippen molar-refractivity contribution in [1.82, 2.24) is 10.3 Å². The molecule has 0 saturated heterocycles. The van der Waals surface area contributed by atoms with Gasteiger partial charge in [0.05, 0.1) is 5.69 Å². The molecule has 1 unspecified atom stereocenters. The maximum absolute atomic E-state index is 10.2. The molecule has 2 N–H and O–H groups in total. The Morgan fingerprint density at radius 2 is 2.27 bits per heavy atom. The van der Waals surface area contributed by atoms with E-state index in [4.69, 9.17) is 0 Å². The van der Waals surface area contributed by atoms with Crippen molar-refractivity contribution in [3.8, 4) is 0 Å². The van der Waals surface area contributed by atoms with E-state index in [0.29, 0.717) is 0 Å². The average molecular weight is 226 g/mol. The highest BCUT2D eigenvalue weighted by Crippen LogP contribution is 2.54. The van der Waals surface area contributed by atoms with E-state index in [1.807, 2.05) is 14.0 Å². The molecule has 15 heavy (non-hydrogen) atoms. The van der Waals surface area contributed by atoms with Crippen LogP contribution in [-0.2, 0) is 6.54 Å². The van der Waals surface area contributed by atoms with Gasteiger partial charge in [0, 0.05) is 16.8 Å². The van der Waals surface area contributed by atoms with E-state index < -0.39 is 0 Å². The average Bonchev–Trinajstić information content (AvgIpc) is 2.84. The summed E-state index contributed by atoms with van der Waals surface area (Å²) in [6.45, 7) is 4.98. The fourth-order valence-corrected chi connectivity index (χ4v) is 2.90. The summed E-state index contributed by atoms with van der Waals surface area (Å²) in [4.78, 5) is 5.70. The summed E-state index contributed by atoms with van der Waals surface area (Å²) < 4.78 is 0. The lowest BCUT2D eigenvalue weighted by molar-refractivity contribution is 0.103. The highest BCUT2D eigenvalue weighted by Gasteiger charge is 2.46. The Morgan fingerprint density at radius 3 is 2.80 bits per heavy atom. The molecule has 84 valence electrons. The highest BCUT2D eigenvalue weighted by molar-refractivity contribution is 7.11. The van der Waals surface area contributed by atoms with Crippen molar-refractivity contribution >= 4 is 11.3 Å². The molecule has 1 saturated carbocycles. The number of hydrogen-bond donors (Lipinski definition) is 2. The maximum Gasteiger partial charge on any atom is 0.122 e. The molecule has 1 aromatic heterocycles. The monoisotopic (exact) mass is 226 g/mol. The van der Waals surface area contributed by atoms with Crippen LogP contribution in [0.15, 0.2) is 0 Å². The number of aromatic nitrogens is 1. The van der Waals surface area contributed by atoms with Crippen molar-refractivity contribution in [2.45, 2.75) is 39.3 Å². The van der Waals surface area contributed by atoms with E-state index >= 15 is 0 Å². The number of aryl methyl sites for hydroxylation is 1. The van der Waals surface area contributed by atoms with Gasteiger partial charge in [0.1, 0.15) is 11.1 Å². The minimum atomic E-state index is -0.369. The number of aliphatic hydroxyl groups is 1. The molecule has 0 aromatic carbocycles. The SMILES string of the molecule is CNCc1sc(C(O)C2(C)CC2)nc1C. The predicted octanol–water partition coefficient (Wildman–Crippen LogP) is 2.00. The summed E-state index contributed by atoms with van der Waals surface area (Å²) in [6, 6.07) is 0. The Morgan fingerprint density at radius 1 is 1.60 bits per heavy atom. The normalized spacial score (nSPS) is 20.3. The Bertz CT molecular complexity index is 357. The van der Waals surface area contributed by atoms with Gasteiger partial charge in [0.2, 0.25) is 0 Å². The summed E-state index contributed by atoms with van der Waals surface area (Å²) in [7, 11) is 1.93. The van der Waals surface area contributed by atoms with Crippen LogP contribution >= 0.6 is 11.3 Å². The second-order valence-electron chi connectivity index (χ2n) is 4.65. The second kappa shape index (κ2) is 3.85. The van der Waals surface area contributed by atoms with Crippen LogP contribution in [0.1, 0.15) is 41.4 Å². The molecule has 0 bridgehead atoms. The van der Waals surface area contributed by atoms with E-state index in [9.17, 15) is 5.11 Å². The van der Waals surface area contributed by atoms with E-state index in [-0.39, 0.29) is 11.5 Å². The lowest BCUT2D eigenvalue weighted by Gasteiger charge is -2.13. The third-order valence-electron chi connectivity index (χ3n) is 3.18. The lowest BCUT2D eigenvalue weighted by Crippen LogP contribution is -2.09. The van der Waals surface area contributed by atoms with Crippen LogP contribution in [0.5, 0.6) is 0 Å². The van der Waals surface area contributed by atoms with Crippen LogP contribution in [0.3, 0.4) is 0 Å². The minimum Gasteiger partial charge on any atom is -0.385 e. The Kier molecular flexibility index (Phi) is 2.83. The fraction of sp³-hybridized carbons (Fsp3) is 0.727. The largest absolute Gasteiger partial charge is 0.385 e. The lowest BCUT2D eigenvalue weighted by atomic mass is 10.0. The molecule has 0 amide bonds. The summed E-state index contributed by atoms with van der Waals surface area (Å²) in [5.74, 6) is 0. The molecule has 0 radical (unpaired) electrons. The summed E-state index contributed by atoms with van der Waals surface area (Å²) in [5, 5.41) is 14.2. The predicted molar refractivity (Wildman–Crippen MR) is 61.9 cm³/mol. The van der Waals surface area contributed by atoms with Crippen molar-refractivity contribution in [2.24, 2.45) is 5.41 Å². The first-order valence-electron chi connectivity index (χ1n) is 5.36. The highest BCUT2D eigenvalue weighted by atomic mass is 32.1. The molecule has 2 rings (SSSR count). The van der Waals surface area contributed by atoms with Gasteiger partial charge in [0.25, 0.3) is 0 Å². The molecule has 1 aliphatic rings. The Balaban J connectivity index is 2.18.